The zero-order valence-electron chi connectivity index (χ0n) is 9.12. The summed E-state index contributed by atoms with van der Waals surface area (Å²) < 4.78 is 5.40. The van der Waals surface area contributed by atoms with E-state index in [1.54, 1.807) is 7.11 Å². The fraction of sp³-hybridized carbons (Fsp3) is 0.538. The molecule has 1 aromatic rings. The maximum Gasteiger partial charge on any atom is 0.122 e. The fourth-order valence-electron chi connectivity index (χ4n) is 2.51. The number of hydrogen-bond donors (Lipinski definition) is 1. The second-order valence-corrected chi connectivity index (χ2v) is 4.64. The number of ether oxygens (including phenoxy) is 1. The van der Waals surface area contributed by atoms with E-state index >= 15 is 0 Å². The molecule has 0 radical (unpaired) electrons. The third kappa shape index (κ3) is 1.74. The zero-order chi connectivity index (χ0) is 10.3. The number of methoxy groups -OCH3 is 1. The van der Waals surface area contributed by atoms with Crippen LogP contribution >= 0.6 is 0 Å². The van der Waals surface area contributed by atoms with Crippen LogP contribution in [-0.2, 0) is 12.8 Å². The molecule has 1 unspecified atom stereocenters. The molecular weight excluding hydrogens is 186 g/mol. The number of benzene rings is 1. The lowest BCUT2D eigenvalue weighted by atomic mass is 10.1. The first kappa shape index (κ1) is 9.22. The Labute approximate surface area is 90.6 Å². The summed E-state index contributed by atoms with van der Waals surface area (Å²) in [4.78, 5) is 0. The minimum atomic E-state index is 0.642. The maximum absolute atomic E-state index is 5.40. The molecule has 2 aliphatic rings. The van der Waals surface area contributed by atoms with Gasteiger partial charge in [0.1, 0.15) is 5.75 Å². The molecule has 0 aliphatic heterocycles. The highest BCUT2D eigenvalue weighted by Crippen LogP contribution is 2.32. The van der Waals surface area contributed by atoms with Crippen LogP contribution in [0, 0.1) is 0 Å². The Morgan fingerprint density at radius 3 is 2.80 bits per heavy atom. The van der Waals surface area contributed by atoms with Gasteiger partial charge in [0.2, 0.25) is 0 Å². The number of fused-ring (bicyclic) bond motifs is 1. The van der Waals surface area contributed by atoms with Gasteiger partial charge in [-0.3, -0.25) is 0 Å². The molecule has 2 nitrogen and oxygen atoms in total. The lowest BCUT2D eigenvalue weighted by Gasteiger charge is -2.10. The maximum atomic E-state index is 5.40. The summed E-state index contributed by atoms with van der Waals surface area (Å²) in [6.07, 6.45) is 5.03. The normalized spacial score (nSPS) is 23.9. The van der Waals surface area contributed by atoms with E-state index in [1.807, 2.05) is 0 Å². The standard InChI is InChI=1S/C13H17NO/c1-15-13-4-2-3-9-7-11(8-12(9)13)14-10-5-6-10/h2-4,10-11,14H,5-8H2,1H3. The van der Waals surface area contributed by atoms with Crippen molar-refractivity contribution in [1.82, 2.24) is 5.32 Å². The van der Waals surface area contributed by atoms with Crippen LogP contribution in [0.1, 0.15) is 24.0 Å². The minimum absolute atomic E-state index is 0.642. The van der Waals surface area contributed by atoms with E-state index in [0.29, 0.717) is 6.04 Å². The minimum Gasteiger partial charge on any atom is -0.496 e. The fourth-order valence-corrected chi connectivity index (χ4v) is 2.51. The first-order valence-electron chi connectivity index (χ1n) is 5.77. The summed E-state index contributed by atoms with van der Waals surface area (Å²) in [6, 6.07) is 7.83. The summed E-state index contributed by atoms with van der Waals surface area (Å²) in [7, 11) is 1.76. The molecule has 2 heteroatoms. The Hall–Kier alpha value is -1.02. The van der Waals surface area contributed by atoms with Gasteiger partial charge in [-0.2, -0.15) is 0 Å². The van der Waals surface area contributed by atoms with Crippen LogP contribution in [0.25, 0.3) is 0 Å². The van der Waals surface area contributed by atoms with Gasteiger partial charge in [-0.1, -0.05) is 12.1 Å². The topological polar surface area (TPSA) is 21.3 Å². The zero-order valence-corrected chi connectivity index (χ0v) is 9.12. The van der Waals surface area contributed by atoms with Crippen molar-refractivity contribution < 1.29 is 4.74 Å². The monoisotopic (exact) mass is 203 g/mol. The van der Waals surface area contributed by atoms with E-state index in [4.69, 9.17) is 4.74 Å². The Balaban J connectivity index is 1.79. The first-order chi connectivity index (χ1) is 7.36. The molecule has 15 heavy (non-hydrogen) atoms. The second-order valence-electron chi connectivity index (χ2n) is 4.64. The van der Waals surface area contributed by atoms with Gasteiger partial charge in [0.15, 0.2) is 0 Å². The number of nitrogens with one attached hydrogen (secondary N) is 1. The smallest absolute Gasteiger partial charge is 0.122 e. The van der Waals surface area contributed by atoms with Crippen molar-refractivity contribution in [2.45, 2.75) is 37.8 Å². The van der Waals surface area contributed by atoms with E-state index in [1.165, 1.54) is 30.4 Å². The van der Waals surface area contributed by atoms with Gasteiger partial charge in [-0.15, -0.1) is 0 Å². The van der Waals surface area contributed by atoms with Crippen LogP contribution in [-0.4, -0.2) is 19.2 Å². The molecule has 1 atom stereocenters. The van der Waals surface area contributed by atoms with Crippen LogP contribution in [0.4, 0.5) is 0 Å². The van der Waals surface area contributed by atoms with Crippen LogP contribution in [0.2, 0.25) is 0 Å². The molecule has 2 aliphatic carbocycles. The summed E-state index contributed by atoms with van der Waals surface area (Å²) in [6.45, 7) is 0. The molecule has 1 fully saturated rings. The first-order valence-corrected chi connectivity index (χ1v) is 5.77. The van der Waals surface area contributed by atoms with E-state index in [0.717, 1.165) is 18.2 Å². The Bertz CT molecular complexity index is 371. The average Bonchev–Trinajstić information content (AvgIpc) is 2.95. The van der Waals surface area contributed by atoms with Gasteiger partial charge in [0.25, 0.3) is 0 Å². The number of rotatable bonds is 3. The van der Waals surface area contributed by atoms with Crippen LogP contribution in [0.3, 0.4) is 0 Å². The predicted molar refractivity (Wildman–Crippen MR) is 60.3 cm³/mol. The highest BCUT2D eigenvalue weighted by Gasteiger charge is 2.29. The Morgan fingerprint density at radius 1 is 1.20 bits per heavy atom. The molecule has 80 valence electrons. The van der Waals surface area contributed by atoms with Crippen molar-refractivity contribution in [3.8, 4) is 5.75 Å². The van der Waals surface area contributed by atoms with Crippen molar-refractivity contribution in [1.29, 1.82) is 0 Å². The molecule has 1 aromatic carbocycles. The van der Waals surface area contributed by atoms with Crippen molar-refractivity contribution in [3.63, 3.8) is 0 Å². The molecule has 0 saturated heterocycles. The van der Waals surface area contributed by atoms with Crippen molar-refractivity contribution in [3.05, 3.63) is 29.3 Å². The predicted octanol–water partition coefficient (Wildman–Crippen LogP) is 1.91. The lowest BCUT2D eigenvalue weighted by molar-refractivity contribution is 0.408. The second kappa shape index (κ2) is 3.53. The third-order valence-electron chi connectivity index (χ3n) is 3.42. The number of hydrogen-bond acceptors (Lipinski definition) is 2. The molecule has 3 rings (SSSR count). The van der Waals surface area contributed by atoms with Crippen molar-refractivity contribution in [2.75, 3.05) is 7.11 Å². The summed E-state index contributed by atoms with van der Waals surface area (Å²) in [5, 5.41) is 3.70. The van der Waals surface area contributed by atoms with Crippen LogP contribution in [0.5, 0.6) is 5.75 Å². The van der Waals surface area contributed by atoms with Gasteiger partial charge >= 0.3 is 0 Å². The molecule has 0 amide bonds. The SMILES string of the molecule is COc1cccc2c1CC(NC1CC1)C2. The van der Waals surface area contributed by atoms with E-state index < -0.39 is 0 Å². The van der Waals surface area contributed by atoms with Gasteiger partial charge in [0, 0.05) is 12.1 Å². The molecule has 0 aromatic heterocycles. The van der Waals surface area contributed by atoms with E-state index in [-0.39, 0.29) is 0 Å². The molecule has 0 bridgehead atoms. The molecule has 1 saturated carbocycles. The largest absolute Gasteiger partial charge is 0.496 e. The summed E-state index contributed by atoms with van der Waals surface area (Å²) >= 11 is 0. The Morgan fingerprint density at radius 2 is 2.07 bits per heavy atom. The third-order valence-corrected chi connectivity index (χ3v) is 3.42. The van der Waals surface area contributed by atoms with E-state index in [2.05, 4.69) is 23.5 Å². The van der Waals surface area contributed by atoms with Crippen molar-refractivity contribution >= 4 is 0 Å². The van der Waals surface area contributed by atoms with Gasteiger partial charge in [0.05, 0.1) is 7.11 Å². The Kier molecular flexibility index (Phi) is 2.17. The summed E-state index contributed by atoms with van der Waals surface area (Å²) in [5.74, 6) is 1.06. The van der Waals surface area contributed by atoms with Gasteiger partial charge in [-0.05, 0) is 42.9 Å². The average molecular weight is 203 g/mol. The van der Waals surface area contributed by atoms with Crippen LogP contribution < -0.4 is 10.1 Å². The summed E-state index contributed by atoms with van der Waals surface area (Å²) in [5.41, 5.74) is 2.88. The highest BCUT2D eigenvalue weighted by molar-refractivity contribution is 5.44. The highest BCUT2D eigenvalue weighted by atomic mass is 16.5. The van der Waals surface area contributed by atoms with E-state index in [9.17, 15) is 0 Å². The lowest BCUT2D eigenvalue weighted by Crippen LogP contribution is -2.31. The quantitative estimate of drug-likeness (QED) is 0.810. The van der Waals surface area contributed by atoms with Crippen LogP contribution in [0.15, 0.2) is 18.2 Å². The van der Waals surface area contributed by atoms with Crippen molar-refractivity contribution in [2.24, 2.45) is 0 Å². The molecular formula is C13H17NO. The van der Waals surface area contributed by atoms with Gasteiger partial charge in [-0.25, -0.2) is 0 Å². The molecule has 0 heterocycles. The molecule has 1 N–H and O–H groups in total. The molecule has 0 spiro atoms. The van der Waals surface area contributed by atoms with Gasteiger partial charge < -0.3 is 10.1 Å².